The van der Waals surface area contributed by atoms with Gasteiger partial charge in [-0.2, -0.15) is 0 Å². The zero-order valence-electron chi connectivity index (χ0n) is 20.3. The summed E-state index contributed by atoms with van der Waals surface area (Å²) in [6.07, 6.45) is 7.84. The first kappa shape index (κ1) is 23.0. The minimum atomic E-state index is -0.375. The Balaban J connectivity index is 1.26. The number of likely N-dealkylation sites (tertiary alicyclic amines) is 2. The van der Waals surface area contributed by atoms with Crippen LogP contribution in [0.3, 0.4) is 0 Å². The number of benzene rings is 1. The van der Waals surface area contributed by atoms with Crippen molar-refractivity contribution < 1.29 is 23.5 Å². The van der Waals surface area contributed by atoms with Crippen LogP contribution >= 0.6 is 0 Å². The molecule has 2 aromatic rings. The Morgan fingerprint density at radius 2 is 1.91 bits per heavy atom. The smallest absolute Gasteiger partial charge is 0.314 e. The maximum Gasteiger partial charge on any atom is 0.314 e. The molecule has 7 heteroatoms. The fourth-order valence-corrected chi connectivity index (χ4v) is 6.16. The number of carbonyl (C=O) groups is 2. The van der Waals surface area contributed by atoms with Crippen molar-refractivity contribution in [2.45, 2.75) is 57.6 Å². The molecule has 0 aliphatic carbocycles. The highest BCUT2D eigenvalue weighted by molar-refractivity contribution is 5.98. The Bertz CT molecular complexity index is 1050. The van der Waals surface area contributed by atoms with Gasteiger partial charge in [-0.3, -0.25) is 14.5 Å². The summed E-state index contributed by atoms with van der Waals surface area (Å²) in [5.41, 5.74) is 1.70. The molecule has 34 heavy (non-hydrogen) atoms. The summed E-state index contributed by atoms with van der Waals surface area (Å²) in [4.78, 5) is 30.6. The van der Waals surface area contributed by atoms with E-state index in [0.717, 1.165) is 56.3 Å². The summed E-state index contributed by atoms with van der Waals surface area (Å²) in [6, 6.07) is 7.94. The second-order valence-corrected chi connectivity index (χ2v) is 10.6. The van der Waals surface area contributed by atoms with Gasteiger partial charge in [0, 0.05) is 37.7 Å². The number of esters is 1. The number of nitrogens with zero attached hydrogens (tertiary/aromatic N) is 2. The van der Waals surface area contributed by atoms with Gasteiger partial charge >= 0.3 is 5.97 Å². The molecular weight excluding hydrogens is 432 g/mol. The minimum Gasteiger partial charge on any atom is -0.496 e. The molecule has 0 bridgehead atoms. The van der Waals surface area contributed by atoms with Crippen molar-refractivity contribution in [1.29, 1.82) is 0 Å². The number of piperidine rings is 2. The summed E-state index contributed by atoms with van der Waals surface area (Å²) in [5.74, 6) is 0.552. The third kappa shape index (κ3) is 4.22. The summed E-state index contributed by atoms with van der Waals surface area (Å²) < 4.78 is 16.4. The summed E-state index contributed by atoms with van der Waals surface area (Å²) in [5, 5.41) is 0. The monoisotopic (exact) mass is 466 g/mol. The van der Waals surface area contributed by atoms with Crippen molar-refractivity contribution in [3.8, 4) is 16.9 Å². The Morgan fingerprint density at radius 3 is 2.56 bits per heavy atom. The van der Waals surface area contributed by atoms with Gasteiger partial charge in [0.2, 0.25) is 0 Å². The van der Waals surface area contributed by atoms with Crippen LogP contribution in [0.15, 0.2) is 41.2 Å². The third-order valence-corrected chi connectivity index (χ3v) is 7.73. The van der Waals surface area contributed by atoms with Gasteiger partial charge < -0.3 is 18.8 Å². The average molecular weight is 467 g/mol. The van der Waals surface area contributed by atoms with E-state index in [4.69, 9.17) is 13.9 Å². The quantitative estimate of drug-likeness (QED) is 0.623. The van der Waals surface area contributed by atoms with Crippen molar-refractivity contribution in [3.63, 3.8) is 0 Å². The first-order valence-corrected chi connectivity index (χ1v) is 12.3. The number of hydrogen-bond donors (Lipinski definition) is 0. The maximum absolute atomic E-state index is 13.5. The molecule has 3 saturated heterocycles. The minimum absolute atomic E-state index is 0.00289. The highest BCUT2D eigenvalue weighted by atomic mass is 16.6. The van der Waals surface area contributed by atoms with E-state index in [1.807, 2.05) is 43.0 Å². The molecule has 3 aliphatic rings. The molecule has 0 saturated carbocycles. The normalized spacial score (nSPS) is 25.5. The molecule has 4 heterocycles. The van der Waals surface area contributed by atoms with Crippen LogP contribution in [0.4, 0.5) is 0 Å². The fourth-order valence-electron chi connectivity index (χ4n) is 6.16. The predicted octanol–water partition coefficient (Wildman–Crippen LogP) is 4.37. The van der Waals surface area contributed by atoms with E-state index in [1.54, 1.807) is 19.6 Å². The molecule has 1 amide bonds. The van der Waals surface area contributed by atoms with E-state index in [2.05, 4.69) is 4.90 Å². The molecule has 1 aromatic heterocycles. The first-order valence-electron chi connectivity index (χ1n) is 12.3. The molecule has 1 aromatic carbocycles. The van der Waals surface area contributed by atoms with Crippen LogP contribution in [0, 0.1) is 5.41 Å². The molecule has 3 aliphatic heterocycles. The lowest BCUT2D eigenvalue weighted by Crippen LogP contribution is -2.53. The molecule has 1 atom stereocenters. The topological polar surface area (TPSA) is 72.2 Å². The number of hydrogen-bond acceptors (Lipinski definition) is 6. The van der Waals surface area contributed by atoms with Gasteiger partial charge in [0.15, 0.2) is 0 Å². The lowest BCUT2D eigenvalue weighted by atomic mass is 9.74. The van der Waals surface area contributed by atoms with E-state index in [9.17, 15) is 9.59 Å². The van der Waals surface area contributed by atoms with Crippen LogP contribution in [0.2, 0.25) is 0 Å². The predicted molar refractivity (Wildman–Crippen MR) is 128 cm³/mol. The molecule has 7 nitrogen and oxygen atoms in total. The molecule has 3 fully saturated rings. The zero-order chi connectivity index (χ0) is 23.9. The number of ether oxygens (including phenoxy) is 2. The maximum atomic E-state index is 13.5. The van der Waals surface area contributed by atoms with Gasteiger partial charge in [0.1, 0.15) is 11.4 Å². The number of carbonyl (C=O) groups excluding carboxylic acids is 2. The molecular formula is C27H34N2O5. The van der Waals surface area contributed by atoms with Gasteiger partial charge in [0.05, 0.1) is 30.6 Å². The third-order valence-electron chi connectivity index (χ3n) is 7.73. The summed E-state index contributed by atoms with van der Waals surface area (Å²) in [7, 11) is 1.59. The highest BCUT2D eigenvalue weighted by Gasteiger charge is 2.54. The number of cyclic esters (lactones) is 1. The van der Waals surface area contributed by atoms with E-state index < -0.39 is 0 Å². The molecule has 0 radical (unpaired) electrons. The summed E-state index contributed by atoms with van der Waals surface area (Å²) in [6.45, 7) is 7.20. The van der Waals surface area contributed by atoms with E-state index in [0.29, 0.717) is 30.4 Å². The molecule has 5 rings (SSSR count). The van der Waals surface area contributed by atoms with Gasteiger partial charge in [-0.25, -0.2) is 0 Å². The summed E-state index contributed by atoms with van der Waals surface area (Å²) >= 11 is 0. The second-order valence-electron chi connectivity index (χ2n) is 10.6. The largest absolute Gasteiger partial charge is 0.496 e. The van der Waals surface area contributed by atoms with Gasteiger partial charge in [-0.1, -0.05) is 6.07 Å². The first-order chi connectivity index (χ1) is 16.3. The lowest BCUT2D eigenvalue weighted by Gasteiger charge is -2.44. The Morgan fingerprint density at radius 1 is 1.12 bits per heavy atom. The number of furan rings is 1. The van der Waals surface area contributed by atoms with Gasteiger partial charge in [0.25, 0.3) is 5.91 Å². The van der Waals surface area contributed by atoms with E-state index in [1.165, 1.54) is 0 Å². The molecule has 1 unspecified atom stereocenters. The SMILES string of the molecule is COc1ccc(-c2ccoc2)cc1C(=O)N1CCC(N2CCCC3(C2)CC(C)(C)OC3=O)CC1. The van der Waals surface area contributed by atoms with E-state index in [-0.39, 0.29) is 22.9 Å². The van der Waals surface area contributed by atoms with Gasteiger partial charge in [-0.15, -0.1) is 0 Å². The fraction of sp³-hybridized carbons (Fsp3) is 0.556. The Hall–Kier alpha value is -2.80. The second kappa shape index (κ2) is 8.77. The van der Waals surface area contributed by atoms with Crippen LogP contribution in [-0.2, 0) is 9.53 Å². The van der Waals surface area contributed by atoms with Crippen molar-refractivity contribution in [2.24, 2.45) is 5.41 Å². The lowest BCUT2D eigenvalue weighted by molar-refractivity contribution is -0.154. The van der Waals surface area contributed by atoms with Crippen LogP contribution in [0.25, 0.3) is 11.1 Å². The number of rotatable bonds is 4. The molecule has 0 N–H and O–H groups in total. The molecule has 1 spiro atoms. The number of methoxy groups -OCH3 is 1. The van der Waals surface area contributed by atoms with Crippen LogP contribution < -0.4 is 4.74 Å². The van der Waals surface area contributed by atoms with Crippen molar-refractivity contribution >= 4 is 11.9 Å². The van der Waals surface area contributed by atoms with E-state index >= 15 is 0 Å². The standard InChI is InChI=1S/C27H34N2O5/c1-26(2)17-27(25(31)34-26)10-4-11-29(18-27)21-7-12-28(13-8-21)24(30)22-15-19(5-6-23(22)32-3)20-9-14-33-16-20/h5-6,9,14-16,21H,4,7-8,10-13,17-18H2,1-3H3. The highest BCUT2D eigenvalue weighted by Crippen LogP contribution is 2.46. The van der Waals surface area contributed by atoms with Crippen LogP contribution in [0.5, 0.6) is 5.75 Å². The van der Waals surface area contributed by atoms with Crippen LogP contribution in [-0.4, -0.2) is 66.6 Å². The zero-order valence-corrected chi connectivity index (χ0v) is 20.3. The van der Waals surface area contributed by atoms with Gasteiger partial charge in [-0.05, 0) is 69.8 Å². The van der Waals surface area contributed by atoms with Crippen LogP contribution in [0.1, 0.15) is 56.3 Å². The Kier molecular flexibility index (Phi) is 5.92. The van der Waals surface area contributed by atoms with Crippen molar-refractivity contribution in [2.75, 3.05) is 33.3 Å². The average Bonchev–Trinajstić information content (AvgIpc) is 3.44. The number of amides is 1. The molecule has 182 valence electrons. The Labute approximate surface area is 201 Å². The van der Waals surface area contributed by atoms with Crippen molar-refractivity contribution in [1.82, 2.24) is 9.80 Å². The van der Waals surface area contributed by atoms with Crippen molar-refractivity contribution in [3.05, 3.63) is 42.4 Å².